The number of nitrogens with zero attached hydrogens (tertiary/aromatic N) is 2. The highest BCUT2D eigenvalue weighted by Gasteiger charge is 2.51. The fraction of sp³-hybridized carbons (Fsp3) is 0.467. The smallest absolute Gasteiger partial charge is 0.288 e. The molecule has 0 unspecified atom stereocenters. The van der Waals surface area contributed by atoms with Crippen molar-refractivity contribution < 1.29 is 24.2 Å². The van der Waals surface area contributed by atoms with Crippen LogP contribution in [0.3, 0.4) is 0 Å². The Bertz CT molecular complexity index is 1130. The van der Waals surface area contributed by atoms with Gasteiger partial charge in [-0.3, -0.25) is 9.59 Å². The number of nitrogens with one attached hydrogen (secondary N) is 1. The van der Waals surface area contributed by atoms with Gasteiger partial charge in [0.1, 0.15) is 5.54 Å². The molecule has 2 aromatic rings. The van der Waals surface area contributed by atoms with E-state index >= 15 is 0 Å². The van der Waals surface area contributed by atoms with E-state index in [4.69, 9.17) is 9.47 Å². The first kappa shape index (κ1) is 26.3. The Kier molecular flexibility index (Phi) is 8.00. The number of anilines is 1. The zero-order valence-electron chi connectivity index (χ0n) is 21.9. The van der Waals surface area contributed by atoms with Crippen molar-refractivity contribution in [1.82, 2.24) is 10.2 Å². The lowest BCUT2D eigenvalue weighted by Crippen LogP contribution is -2.57. The third-order valence-corrected chi connectivity index (χ3v) is 8.09. The maximum atomic E-state index is 13.8. The minimum atomic E-state index is -0.657. The van der Waals surface area contributed by atoms with E-state index in [1.165, 1.54) is 0 Å². The molecule has 2 fully saturated rings. The molecule has 0 aliphatic carbocycles. The van der Waals surface area contributed by atoms with Crippen molar-refractivity contribution in [1.29, 1.82) is 0 Å². The van der Waals surface area contributed by atoms with Crippen LogP contribution in [0.15, 0.2) is 72.5 Å². The summed E-state index contributed by atoms with van der Waals surface area (Å²) in [5.74, 6) is 0.0542. The molecule has 3 heterocycles. The molecule has 3 aliphatic rings. The minimum absolute atomic E-state index is 0.0210. The van der Waals surface area contributed by atoms with E-state index in [0.717, 1.165) is 17.7 Å². The van der Waals surface area contributed by atoms with Crippen molar-refractivity contribution in [2.45, 2.75) is 50.4 Å². The molecule has 0 bridgehead atoms. The molecule has 5 rings (SSSR count). The van der Waals surface area contributed by atoms with Crippen LogP contribution in [-0.4, -0.2) is 66.6 Å². The number of benzene rings is 2. The van der Waals surface area contributed by atoms with Crippen molar-refractivity contribution in [3.05, 3.63) is 78.1 Å². The van der Waals surface area contributed by atoms with E-state index in [1.807, 2.05) is 61.5 Å². The van der Waals surface area contributed by atoms with Crippen LogP contribution >= 0.6 is 0 Å². The summed E-state index contributed by atoms with van der Waals surface area (Å²) < 4.78 is 12.2. The molecule has 0 saturated carbocycles. The van der Waals surface area contributed by atoms with Gasteiger partial charge >= 0.3 is 0 Å². The summed E-state index contributed by atoms with van der Waals surface area (Å²) in [6.07, 6.45) is 3.79. The third-order valence-electron chi connectivity index (χ3n) is 8.09. The lowest BCUT2D eigenvalue weighted by molar-refractivity contribution is -0.171. The highest BCUT2D eigenvalue weighted by Crippen LogP contribution is 2.41. The number of allylic oxidation sites excluding steroid dienone is 1. The number of carbonyl (C=O) groups is 2. The summed E-state index contributed by atoms with van der Waals surface area (Å²) in [5.41, 5.74) is 1.44. The summed E-state index contributed by atoms with van der Waals surface area (Å²) >= 11 is 0. The number of aliphatic hydroxyl groups is 1. The number of rotatable bonds is 8. The first-order chi connectivity index (χ1) is 18.6. The van der Waals surface area contributed by atoms with Gasteiger partial charge in [-0.05, 0) is 56.4 Å². The standard InChI is InChI=1S/C30H37N3O5/c1-2-37-28-24(14-9-19-34)25(22-10-5-3-6-11-22)20-26(38-28)27(35)32-17-15-30(16-18-32)29(36)31-21-33(30)23-12-7-4-8-13-23/h3-8,10-13,20,24-25,28,34H,2,9,14-19,21H2,1H3,(H,31,36)/t24-,25+,28+/m1/s1. The Balaban J connectivity index is 1.36. The molecule has 1 spiro atoms. The van der Waals surface area contributed by atoms with Gasteiger partial charge in [0.15, 0.2) is 5.76 Å². The van der Waals surface area contributed by atoms with Crippen LogP contribution in [0.2, 0.25) is 0 Å². The van der Waals surface area contributed by atoms with Crippen LogP contribution in [0, 0.1) is 5.92 Å². The molecule has 38 heavy (non-hydrogen) atoms. The zero-order valence-corrected chi connectivity index (χ0v) is 21.9. The predicted octanol–water partition coefficient (Wildman–Crippen LogP) is 3.39. The second kappa shape index (κ2) is 11.6. The first-order valence-electron chi connectivity index (χ1n) is 13.6. The van der Waals surface area contributed by atoms with Gasteiger partial charge in [0.25, 0.3) is 5.91 Å². The summed E-state index contributed by atoms with van der Waals surface area (Å²) in [7, 11) is 0. The van der Waals surface area contributed by atoms with Crippen LogP contribution < -0.4 is 10.2 Å². The molecule has 2 aromatic carbocycles. The van der Waals surface area contributed by atoms with E-state index in [1.54, 1.807) is 4.90 Å². The van der Waals surface area contributed by atoms with Gasteiger partial charge in [-0.15, -0.1) is 0 Å². The Morgan fingerprint density at radius 2 is 1.79 bits per heavy atom. The van der Waals surface area contributed by atoms with Gasteiger partial charge in [0.2, 0.25) is 12.2 Å². The Hall–Kier alpha value is -3.36. The van der Waals surface area contributed by atoms with Gasteiger partial charge in [-0.1, -0.05) is 48.5 Å². The van der Waals surface area contributed by atoms with Gasteiger partial charge in [-0.25, -0.2) is 0 Å². The maximum absolute atomic E-state index is 13.8. The normalized spacial score (nSPS) is 24.6. The monoisotopic (exact) mass is 519 g/mol. The number of carbonyl (C=O) groups excluding carboxylic acids is 2. The van der Waals surface area contributed by atoms with Crippen LogP contribution in [0.5, 0.6) is 0 Å². The molecule has 3 atom stereocenters. The third kappa shape index (κ3) is 5.02. The van der Waals surface area contributed by atoms with Crippen molar-refractivity contribution >= 4 is 17.5 Å². The summed E-state index contributed by atoms with van der Waals surface area (Å²) in [6, 6.07) is 20.0. The molecule has 0 radical (unpaired) electrons. The van der Waals surface area contributed by atoms with Crippen molar-refractivity contribution in [2.24, 2.45) is 5.92 Å². The highest BCUT2D eigenvalue weighted by molar-refractivity contribution is 5.95. The van der Waals surface area contributed by atoms with Crippen LogP contribution in [0.4, 0.5) is 5.69 Å². The van der Waals surface area contributed by atoms with E-state index in [2.05, 4.69) is 22.3 Å². The number of ether oxygens (including phenoxy) is 2. The fourth-order valence-corrected chi connectivity index (χ4v) is 6.08. The van der Waals surface area contributed by atoms with E-state index in [-0.39, 0.29) is 30.3 Å². The molecule has 2 saturated heterocycles. The van der Waals surface area contributed by atoms with E-state index in [9.17, 15) is 14.7 Å². The Morgan fingerprint density at radius 3 is 2.45 bits per heavy atom. The molecule has 2 N–H and O–H groups in total. The zero-order chi connectivity index (χ0) is 26.5. The quantitative estimate of drug-likeness (QED) is 0.556. The largest absolute Gasteiger partial charge is 0.459 e. The number of para-hydroxylation sites is 1. The molecule has 0 aromatic heterocycles. The van der Waals surface area contributed by atoms with Crippen LogP contribution in [0.25, 0.3) is 0 Å². The summed E-state index contributed by atoms with van der Waals surface area (Å²) in [6.45, 7) is 3.85. The SMILES string of the molecule is CCO[C@H]1OC(C(=O)N2CCC3(CC2)C(=O)NCN3c2ccccc2)=C[C@@H](c2ccccc2)[C@H]1CCCO. The number of piperidine rings is 1. The number of aliphatic hydroxyl groups excluding tert-OH is 1. The molecule has 202 valence electrons. The summed E-state index contributed by atoms with van der Waals surface area (Å²) in [5, 5.41) is 12.5. The highest BCUT2D eigenvalue weighted by atomic mass is 16.7. The fourth-order valence-electron chi connectivity index (χ4n) is 6.08. The average Bonchev–Trinajstić information content (AvgIpc) is 3.27. The molecule has 2 amide bonds. The molecular formula is C30H37N3O5. The molecule has 3 aliphatic heterocycles. The lowest BCUT2D eigenvalue weighted by Gasteiger charge is -2.44. The number of likely N-dealkylation sites (tertiary alicyclic amines) is 1. The Morgan fingerprint density at radius 1 is 1.11 bits per heavy atom. The summed E-state index contributed by atoms with van der Waals surface area (Å²) in [4.78, 5) is 30.7. The van der Waals surface area contributed by atoms with E-state index < -0.39 is 11.8 Å². The minimum Gasteiger partial charge on any atom is -0.459 e. The Labute approximate surface area is 224 Å². The molecular weight excluding hydrogens is 482 g/mol. The number of hydrogen-bond acceptors (Lipinski definition) is 6. The van der Waals surface area contributed by atoms with E-state index in [0.29, 0.717) is 51.4 Å². The van der Waals surface area contributed by atoms with Crippen molar-refractivity contribution in [3.8, 4) is 0 Å². The second-order valence-corrected chi connectivity index (χ2v) is 10.2. The van der Waals surface area contributed by atoms with Gasteiger partial charge in [0.05, 0.1) is 6.67 Å². The number of amides is 2. The molecule has 8 nitrogen and oxygen atoms in total. The van der Waals surface area contributed by atoms with Gasteiger partial charge in [0, 0.05) is 43.8 Å². The predicted molar refractivity (Wildman–Crippen MR) is 144 cm³/mol. The number of hydrogen-bond donors (Lipinski definition) is 2. The first-order valence-corrected chi connectivity index (χ1v) is 13.6. The maximum Gasteiger partial charge on any atom is 0.288 e. The van der Waals surface area contributed by atoms with Crippen LogP contribution in [-0.2, 0) is 19.1 Å². The lowest BCUT2D eigenvalue weighted by atomic mass is 9.80. The van der Waals surface area contributed by atoms with Crippen molar-refractivity contribution in [2.75, 3.05) is 37.9 Å². The van der Waals surface area contributed by atoms with Crippen LogP contribution in [0.1, 0.15) is 44.1 Å². The van der Waals surface area contributed by atoms with Crippen molar-refractivity contribution in [3.63, 3.8) is 0 Å². The van der Waals surface area contributed by atoms with Gasteiger partial charge < -0.3 is 29.7 Å². The average molecular weight is 520 g/mol. The topological polar surface area (TPSA) is 91.3 Å². The molecule has 8 heteroatoms. The van der Waals surface area contributed by atoms with Gasteiger partial charge in [-0.2, -0.15) is 0 Å². The second-order valence-electron chi connectivity index (χ2n) is 10.2.